The number of benzene rings is 1. The van der Waals surface area contributed by atoms with E-state index in [0.29, 0.717) is 10.6 Å². The van der Waals surface area contributed by atoms with Crippen molar-refractivity contribution in [3.8, 4) is 5.75 Å². The van der Waals surface area contributed by atoms with Crippen molar-refractivity contribution in [3.63, 3.8) is 0 Å². The molecule has 0 bridgehead atoms. The van der Waals surface area contributed by atoms with E-state index in [1.54, 1.807) is 0 Å². The molecule has 0 atom stereocenters. The monoisotopic (exact) mass is 249 g/mol. The molecule has 16 heavy (non-hydrogen) atoms. The number of alkyl halides is 2. The van der Waals surface area contributed by atoms with Gasteiger partial charge in [-0.05, 0) is 18.2 Å². The summed E-state index contributed by atoms with van der Waals surface area (Å²) in [6.45, 7) is -2.87. The van der Waals surface area contributed by atoms with E-state index in [1.807, 2.05) is 0 Å². The Hall–Kier alpha value is -1.56. The number of guanidine groups is 1. The van der Waals surface area contributed by atoms with E-state index in [0.717, 1.165) is 0 Å². The first-order chi connectivity index (χ1) is 7.49. The SMILES string of the molecule is NC(N)=NCc1cc(Cl)ccc1OC(F)F. The van der Waals surface area contributed by atoms with Gasteiger partial charge in [0.2, 0.25) is 0 Å². The predicted octanol–water partition coefficient (Wildman–Crippen LogP) is 1.71. The number of hydrogen-bond acceptors (Lipinski definition) is 2. The number of nitrogens with two attached hydrogens (primary N) is 2. The molecule has 0 aliphatic rings. The molecule has 1 aromatic rings. The van der Waals surface area contributed by atoms with Crippen LogP contribution in [0, 0.1) is 0 Å². The van der Waals surface area contributed by atoms with Gasteiger partial charge in [-0.3, -0.25) is 0 Å². The zero-order valence-corrected chi connectivity index (χ0v) is 8.92. The molecule has 0 saturated carbocycles. The zero-order chi connectivity index (χ0) is 12.1. The number of aliphatic imine (C=N–C) groups is 1. The molecule has 7 heteroatoms. The molecule has 0 fully saturated rings. The van der Waals surface area contributed by atoms with E-state index < -0.39 is 6.61 Å². The van der Waals surface area contributed by atoms with Crippen LogP contribution in [-0.2, 0) is 6.54 Å². The van der Waals surface area contributed by atoms with Crippen molar-refractivity contribution < 1.29 is 13.5 Å². The maximum atomic E-state index is 12.1. The Kier molecular flexibility index (Phi) is 4.30. The third-order valence-corrected chi connectivity index (χ3v) is 1.91. The fourth-order valence-corrected chi connectivity index (χ4v) is 1.25. The van der Waals surface area contributed by atoms with E-state index in [4.69, 9.17) is 23.1 Å². The quantitative estimate of drug-likeness (QED) is 0.630. The molecule has 88 valence electrons. The van der Waals surface area contributed by atoms with Gasteiger partial charge in [0.25, 0.3) is 0 Å². The summed E-state index contributed by atoms with van der Waals surface area (Å²) < 4.78 is 28.4. The molecule has 0 aliphatic heterocycles. The molecule has 0 heterocycles. The summed E-state index contributed by atoms with van der Waals surface area (Å²) in [4.78, 5) is 3.69. The van der Waals surface area contributed by atoms with E-state index in [-0.39, 0.29) is 18.3 Å². The van der Waals surface area contributed by atoms with Gasteiger partial charge in [0, 0.05) is 10.6 Å². The highest BCUT2D eigenvalue weighted by Gasteiger charge is 2.09. The van der Waals surface area contributed by atoms with Crippen molar-refractivity contribution >= 4 is 17.6 Å². The Balaban J connectivity index is 2.93. The summed E-state index contributed by atoms with van der Waals surface area (Å²) in [5, 5.41) is 0.391. The Morgan fingerprint density at radius 3 is 2.69 bits per heavy atom. The summed E-state index contributed by atoms with van der Waals surface area (Å²) in [6, 6.07) is 4.25. The van der Waals surface area contributed by atoms with Gasteiger partial charge in [-0.15, -0.1) is 0 Å². The van der Waals surface area contributed by atoms with Gasteiger partial charge in [0.15, 0.2) is 5.96 Å². The molecule has 0 radical (unpaired) electrons. The summed E-state index contributed by atoms with van der Waals surface area (Å²) in [7, 11) is 0. The van der Waals surface area contributed by atoms with Gasteiger partial charge in [0.05, 0.1) is 6.54 Å². The molecule has 0 unspecified atom stereocenters. The lowest BCUT2D eigenvalue weighted by Gasteiger charge is -2.09. The van der Waals surface area contributed by atoms with Gasteiger partial charge >= 0.3 is 6.61 Å². The zero-order valence-electron chi connectivity index (χ0n) is 8.16. The van der Waals surface area contributed by atoms with Crippen molar-refractivity contribution in [2.24, 2.45) is 16.5 Å². The molecule has 0 amide bonds. The van der Waals surface area contributed by atoms with E-state index in [2.05, 4.69) is 9.73 Å². The number of halogens is 3. The predicted molar refractivity (Wildman–Crippen MR) is 57.6 cm³/mol. The summed E-state index contributed by atoms with van der Waals surface area (Å²) in [5.74, 6) is -0.132. The maximum Gasteiger partial charge on any atom is 0.387 e. The first-order valence-corrected chi connectivity index (χ1v) is 4.65. The average Bonchev–Trinajstić information content (AvgIpc) is 2.17. The molecule has 0 spiro atoms. The maximum absolute atomic E-state index is 12.1. The highest BCUT2D eigenvalue weighted by atomic mass is 35.5. The number of ether oxygens (including phenoxy) is 1. The molecular weight excluding hydrogens is 240 g/mol. The van der Waals surface area contributed by atoms with Crippen LogP contribution >= 0.6 is 11.6 Å². The van der Waals surface area contributed by atoms with Crippen LogP contribution < -0.4 is 16.2 Å². The minimum atomic E-state index is -2.90. The van der Waals surface area contributed by atoms with Crippen molar-refractivity contribution in [2.75, 3.05) is 0 Å². The third-order valence-electron chi connectivity index (χ3n) is 1.67. The summed E-state index contributed by atoms with van der Waals surface area (Å²) in [5.41, 5.74) is 10.7. The van der Waals surface area contributed by atoms with Gasteiger partial charge in [-0.25, -0.2) is 4.99 Å². The highest BCUT2D eigenvalue weighted by molar-refractivity contribution is 6.30. The minimum Gasteiger partial charge on any atom is -0.434 e. The van der Waals surface area contributed by atoms with E-state index in [9.17, 15) is 8.78 Å². The van der Waals surface area contributed by atoms with Gasteiger partial charge in [-0.2, -0.15) is 8.78 Å². The minimum absolute atomic E-state index is 0.00407. The summed E-state index contributed by atoms with van der Waals surface area (Å²) >= 11 is 5.71. The molecular formula is C9H10ClF2N3O. The Morgan fingerprint density at radius 2 is 2.12 bits per heavy atom. The lowest BCUT2D eigenvalue weighted by atomic mass is 10.2. The lowest BCUT2D eigenvalue weighted by Crippen LogP contribution is -2.22. The molecule has 0 aromatic heterocycles. The largest absolute Gasteiger partial charge is 0.434 e. The molecule has 0 saturated heterocycles. The van der Waals surface area contributed by atoms with Crippen LogP contribution in [0.25, 0.3) is 0 Å². The van der Waals surface area contributed by atoms with Crippen LogP contribution in [0.3, 0.4) is 0 Å². The first kappa shape index (κ1) is 12.5. The van der Waals surface area contributed by atoms with Crippen molar-refractivity contribution in [1.29, 1.82) is 0 Å². The molecule has 0 aliphatic carbocycles. The molecule has 4 N–H and O–H groups in total. The number of hydrogen-bond donors (Lipinski definition) is 2. The van der Waals surface area contributed by atoms with Crippen LogP contribution in [0.5, 0.6) is 5.75 Å². The molecule has 1 rings (SSSR count). The Labute approximate surface area is 95.8 Å². The molecule has 4 nitrogen and oxygen atoms in total. The number of nitrogens with zero attached hydrogens (tertiary/aromatic N) is 1. The van der Waals surface area contributed by atoms with E-state index >= 15 is 0 Å². The fourth-order valence-electron chi connectivity index (χ4n) is 1.06. The number of rotatable bonds is 4. The van der Waals surface area contributed by atoms with Crippen LogP contribution in [0.4, 0.5) is 8.78 Å². The van der Waals surface area contributed by atoms with Crippen molar-refractivity contribution in [2.45, 2.75) is 13.2 Å². The van der Waals surface area contributed by atoms with Gasteiger partial charge < -0.3 is 16.2 Å². The summed E-state index contributed by atoms with van der Waals surface area (Å²) in [6.07, 6.45) is 0. The standard InChI is InChI=1S/C9H10ClF2N3O/c10-6-1-2-7(16-8(11)12)5(3-6)4-15-9(13)14/h1-3,8H,4H2,(H4,13,14,15). The smallest absolute Gasteiger partial charge is 0.387 e. The molecule has 1 aromatic carbocycles. The highest BCUT2D eigenvalue weighted by Crippen LogP contribution is 2.25. The van der Waals surface area contributed by atoms with E-state index in [1.165, 1.54) is 18.2 Å². The van der Waals surface area contributed by atoms with Gasteiger partial charge in [0.1, 0.15) is 5.75 Å². The second kappa shape index (κ2) is 5.50. The van der Waals surface area contributed by atoms with Crippen LogP contribution in [0.2, 0.25) is 5.02 Å². The first-order valence-electron chi connectivity index (χ1n) is 4.27. The Bertz CT molecular complexity index is 394. The third kappa shape index (κ3) is 3.90. The normalized spacial score (nSPS) is 10.2. The topological polar surface area (TPSA) is 73.6 Å². The fraction of sp³-hybridized carbons (Fsp3) is 0.222. The van der Waals surface area contributed by atoms with Crippen LogP contribution in [0.1, 0.15) is 5.56 Å². The second-order valence-corrected chi connectivity index (χ2v) is 3.31. The average molecular weight is 250 g/mol. The second-order valence-electron chi connectivity index (χ2n) is 2.87. The van der Waals surface area contributed by atoms with Crippen molar-refractivity contribution in [1.82, 2.24) is 0 Å². The van der Waals surface area contributed by atoms with Crippen LogP contribution in [-0.4, -0.2) is 12.6 Å². The van der Waals surface area contributed by atoms with Crippen molar-refractivity contribution in [3.05, 3.63) is 28.8 Å². The lowest BCUT2D eigenvalue weighted by molar-refractivity contribution is -0.0504. The van der Waals surface area contributed by atoms with Gasteiger partial charge in [-0.1, -0.05) is 11.6 Å². The Morgan fingerprint density at radius 1 is 1.44 bits per heavy atom. The van der Waals surface area contributed by atoms with Crippen LogP contribution in [0.15, 0.2) is 23.2 Å².